The highest BCUT2D eigenvalue weighted by Crippen LogP contribution is 2.40. The maximum atomic E-state index is 13.5. The molecule has 0 aliphatic heterocycles. The first-order valence-electron chi connectivity index (χ1n) is 13.4. The van der Waals surface area contributed by atoms with Crippen molar-refractivity contribution in [1.29, 1.82) is 0 Å². The molecular weight excluding hydrogens is 466 g/mol. The fourth-order valence-electron chi connectivity index (χ4n) is 4.68. The molecule has 0 radical (unpaired) electrons. The van der Waals surface area contributed by atoms with Gasteiger partial charge in [-0.15, -0.1) is 0 Å². The van der Waals surface area contributed by atoms with Crippen molar-refractivity contribution in [3.8, 4) is 11.5 Å². The number of carbonyl (C=O) groups is 2. The van der Waals surface area contributed by atoms with E-state index in [0.29, 0.717) is 25.9 Å². The van der Waals surface area contributed by atoms with Crippen molar-refractivity contribution in [1.82, 2.24) is 0 Å². The SMILES string of the molecule is CCCCCC(CC(=O)Nc1cc(CCC(=O)OCC)ccc1C(C)(C)C)c1c(OC)cccc1OC. The molecule has 1 unspecified atom stereocenters. The average molecular weight is 512 g/mol. The van der Waals surface area contributed by atoms with E-state index in [2.05, 4.69) is 39.1 Å². The van der Waals surface area contributed by atoms with Crippen LogP contribution in [0.3, 0.4) is 0 Å². The second kappa shape index (κ2) is 14.7. The van der Waals surface area contributed by atoms with Gasteiger partial charge in [-0.1, -0.05) is 65.2 Å². The van der Waals surface area contributed by atoms with E-state index in [0.717, 1.165) is 59.6 Å². The van der Waals surface area contributed by atoms with Gasteiger partial charge in [0.15, 0.2) is 0 Å². The van der Waals surface area contributed by atoms with Crippen LogP contribution in [0.25, 0.3) is 0 Å². The smallest absolute Gasteiger partial charge is 0.306 e. The molecule has 37 heavy (non-hydrogen) atoms. The van der Waals surface area contributed by atoms with Crippen LogP contribution in [0.2, 0.25) is 0 Å². The summed E-state index contributed by atoms with van der Waals surface area (Å²) in [4.78, 5) is 25.4. The molecule has 1 amide bonds. The van der Waals surface area contributed by atoms with Gasteiger partial charge in [0.2, 0.25) is 5.91 Å². The lowest BCUT2D eigenvalue weighted by molar-refractivity contribution is -0.143. The first-order chi connectivity index (χ1) is 17.6. The van der Waals surface area contributed by atoms with E-state index in [1.54, 1.807) is 21.1 Å². The van der Waals surface area contributed by atoms with Gasteiger partial charge >= 0.3 is 5.97 Å². The average Bonchev–Trinajstić information content (AvgIpc) is 2.86. The summed E-state index contributed by atoms with van der Waals surface area (Å²) < 4.78 is 16.4. The fourth-order valence-corrected chi connectivity index (χ4v) is 4.68. The Hall–Kier alpha value is -3.02. The summed E-state index contributed by atoms with van der Waals surface area (Å²) in [5.41, 5.74) is 3.62. The van der Waals surface area contributed by atoms with E-state index in [1.807, 2.05) is 30.3 Å². The Morgan fingerprint density at radius 1 is 0.973 bits per heavy atom. The number of anilines is 1. The zero-order valence-electron chi connectivity index (χ0n) is 23.7. The summed E-state index contributed by atoms with van der Waals surface area (Å²) in [6.07, 6.45) is 5.28. The number of aryl methyl sites for hydroxylation is 1. The largest absolute Gasteiger partial charge is 0.496 e. The van der Waals surface area contributed by atoms with Gasteiger partial charge in [0, 0.05) is 24.1 Å². The standard InChI is InChI=1S/C31H45NO5/c1-8-10-11-13-23(30-26(35-6)14-12-15-27(30)36-7)21-28(33)32-25-20-22(17-19-29(34)37-9-2)16-18-24(25)31(3,4)5/h12,14-16,18,20,23H,8-11,13,17,19,21H2,1-7H3,(H,32,33). The highest BCUT2D eigenvalue weighted by Gasteiger charge is 2.25. The van der Waals surface area contributed by atoms with E-state index in [9.17, 15) is 9.59 Å². The van der Waals surface area contributed by atoms with E-state index in [4.69, 9.17) is 14.2 Å². The number of amides is 1. The maximum absolute atomic E-state index is 13.5. The lowest BCUT2D eigenvalue weighted by atomic mass is 9.84. The lowest BCUT2D eigenvalue weighted by Gasteiger charge is -2.25. The van der Waals surface area contributed by atoms with Crippen molar-refractivity contribution in [2.24, 2.45) is 0 Å². The van der Waals surface area contributed by atoms with E-state index >= 15 is 0 Å². The summed E-state index contributed by atoms with van der Waals surface area (Å²) in [7, 11) is 3.30. The second-order valence-corrected chi connectivity index (χ2v) is 10.5. The monoisotopic (exact) mass is 511 g/mol. The van der Waals surface area contributed by atoms with Gasteiger partial charge in [-0.2, -0.15) is 0 Å². The van der Waals surface area contributed by atoms with E-state index < -0.39 is 0 Å². The molecule has 0 fully saturated rings. The number of unbranched alkanes of at least 4 members (excludes halogenated alkanes) is 2. The molecule has 0 aliphatic rings. The van der Waals surface area contributed by atoms with Gasteiger partial charge in [0.25, 0.3) is 0 Å². The van der Waals surface area contributed by atoms with Gasteiger partial charge in [0.1, 0.15) is 11.5 Å². The number of esters is 1. The normalized spacial score (nSPS) is 12.1. The molecule has 6 nitrogen and oxygen atoms in total. The molecule has 0 bridgehead atoms. The highest BCUT2D eigenvalue weighted by atomic mass is 16.5. The number of hydrogen-bond donors (Lipinski definition) is 1. The Labute approximate surface area is 223 Å². The van der Waals surface area contributed by atoms with Crippen LogP contribution in [-0.2, 0) is 26.2 Å². The zero-order valence-corrected chi connectivity index (χ0v) is 23.7. The summed E-state index contributed by atoms with van der Waals surface area (Å²) in [6.45, 7) is 10.7. The van der Waals surface area contributed by atoms with Crippen LogP contribution in [0.15, 0.2) is 36.4 Å². The predicted octanol–water partition coefficient (Wildman–Crippen LogP) is 7.19. The molecular formula is C31H45NO5. The zero-order chi connectivity index (χ0) is 27.4. The van der Waals surface area contributed by atoms with Crippen LogP contribution in [0, 0.1) is 0 Å². The third-order valence-electron chi connectivity index (χ3n) is 6.55. The Balaban J connectivity index is 2.33. The van der Waals surface area contributed by atoms with Gasteiger partial charge in [0.05, 0.1) is 20.8 Å². The molecule has 0 aromatic heterocycles. The molecule has 0 saturated heterocycles. The van der Waals surface area contributed by atoms with E-state index in [-0.39, 0.29) is 23.2 Å². The third-order valence-corrected chi connectivity index (χ3v) is 6.55. The first-order valence-corrected chi connectivity index (χ1v) is 13.4. The van der Waals surface area contributed by atoms with Crippen LogP contribution in [0.4, 0.5) is 5.69 Å². The Morgan fingerprint density at radius 2 is 1.65 bits per heavy atom. The van der Waals surface area contributed by atoms with Gasteiger partial charge in [-0.25, -0.2) is 0 Å². The summed E-state index contributed by atoms with van der Waals surface area (Å²) in [5.74, 6) is 1.17. The van der Waals surface area contributed by atoms with Crippen molar-refractivity contribution in [2.75, 3.05) is 26.1 Å². The van der Waals surface area contributed by atoms with Crippen LogP contribution >= 0.6 is 0 Å². The van der Waals surface area contributed by atoms with Gasteiger partial charge in [-0.3, -0.25) is 9.59 Å². The first kappa shape index (κ1) is 30.2. The minimum atomic E-state index is -0.214. The molecule has 1 atom stereocenters. The van der Waals surface area contributed by atoms with Crippen LogP contribution in [0.5, 0.6) is 11.5 Å². The molecule has 6 heteroatoms. The maximum Gasteiger partial charge on any atom is 0.306 e. The molecule has 1 N–H and O–H groups in total. The molecule has 0 saturated carbocycles. The van der Waals surface area contributed by atoms with Crippen molar-refractivity contribution in [3.05, 3.63) is 53.1 Å². The molecule has 204 valence electrons. The van der Waals surface area contributed by atoms with Crippen molar-refractivity contribution in [2.45, 2.75) is 90.9 Å². The highest BCUT2D eigenvalue weighted by molar-refractivity contribution is 5.92. The molecule has 2 rings (SSSR count). The topological polar surface area (TPSA) is 73.9 Å². The lowest BCUT2D eigenvalue weighted by Crippen LogP contribution is -2.21. The minimum absolute atomic E-state index is 0.0391. The molecule has 0 spiro atoms. The number of ether oxygens (including phenoxy) is 3. The van der Waals surface area contributed by atoms with Crippen LogP contribution < -0.4 is 14.8 Å². The molecule has 0 aliphatic carbocycles. The quantitative estimate of drug-likeness (QED) is 0.215. The summed E-state index contributed by atoms with van der Waals surface area (Å²) in [5, 5.41) is 3.20. The third kappa shape index (κ3) is 9.10. The van der Waals surface area contributed by atoms with Crippen molar-refractivity contribution < 1.29 is 23.8 Å². The summed E-state index contributed by atoms with van der Waals surface area (Å²) in [6, 6.07) is 11.8. The number of methoxy groups -OCH3 is 2. The second-order valence-electron chi connectivity index (χ2n) is 10.5. The molecule has 2 aromatic carbocycles. The van der Waals surface area contributed by atoms with Crippen molar-refractivity contribution >= 4 is 17.6 Å². The number of benzene rings is 2. The van der Waals surface area contributed by atoms with Crippen molar-refractivity contribution in [3.63, 3.8) is 0 Å². The van der Waals surface area contributed by atoms with Gasteiger partial charge in [-0.05, 0) is 60.4 Å². The van der Waals surface area contributed by atoms with Gasteiger partial charge < -0.3 is 19.5 Å². The predicted molar refractivity (Wildman–Crippen MR) is 150 cm³/mol. The Kier molecular flexibility index (Phi) is 12.0. The summed E-state index contributed by atoms with van der Waals surface area (Å²) >= 11 is 0. The Morgan fingerprint density at radius 3 is 2.22 bits per heavy atom. The van der Waals surface area contributed by atoms with Crippen LogP contribution in [-0.4, -0.2) is 32.7 Å². The van der Waals surface area contributed by atoms with E-state index in [1.165, 1.54) is 0 Å². The minimum Gasteiger partial charge on any atom is -0.496 e. The number of rotatable bonds is 14. The fraction of sp³-hybridized carbons (Fsp3) is 0.548. The molecule has 0 heterocycles. The number of carbonyl (C=O) groups excluding carboxylic acids is 2. The van der Waals surface area contributed by atoms with Crippen LogP contribution in [0.1, 0.15) is 95.8 Å². The number of nitrogens with one attached hydrogen (secondary N) is 1. The number of hydrogen-bond acceptors (Lipinski definition) is 5. The Bertz CT molecular complexity index is 1000. The molecule has 2 aromatic rings.